The summed E-state index contributed by atoms with van der Waals surface area (Å²) in [5.74, 6) is 3.53. The van der Waals surface area contributed by atoms with Gasteiger partial charge in [0, 0.05) is 19.6 Å². The predicted octanol–water partition coefficient (Wildman–Crippen LogP) is 3.19. The van der Waals surface area contributed by atoms with Crippen LogP contribution in [0.3, 0.4) is 0 Å². The second-order valence-electron chi connectivity index (χ2n) is 6.95. The molecule has 1 aliphatic rings. The van der Waals surface area contributed by atoms with Gasteiger partial charge in [-0.05, 0) is 38.3 Å². The van der Waals surface area contributed by atoms with Crippen LogP contribution < -0.4 is 15.4 Å². The first-order valence-electron chi connectivity index (χ1n) is 9.80. The van der Waals surface area contributed by atoms with E-state index in [9.17, 15) is 0 Å². The van der Waals surface area contributed by atoms with E-state index in [1.807, 2.05) is 48.9 Å². The molecule has 7 nitrogen and oxygen atoms in total. The summed E-state index contributed by atoms with van der Waals surface area (Å²) < 4.78 is 7.72. The van der Waals surface area contributed by atoms with Crippen molar-refractivity contribution in [1.82, 2.24) is 25.4 Å². The lowest BCUT2D eigenvalue weighted by Gasteiger charge is -2.17. The van der Waals surface area contributed by atoms with Gasteiger partial charge >= 0.3 is 0 Å². The number of rotatable bonds is 8. The van der Waals surface area contributed by atoms with Crippen molar-refractivity contribution in [3.8, 4) is 5.75 Å². The largest absolute Gasteiger partial charge is 0.494 e. The van der Waals surface area contributed by atoms with Crippen LogP contribution in [0.5, 0.6) is 5.75 Å². The minimum absolute atomic E-state index is 0. The Hall–Kier alpha value is -1.84. The molecule has 0 unspecified atom stereocenters. The third kappa shape index (κ3) is 6.96. The van der Waals surface area contributed by atoms with Crippen LogP contribution in [0, 0.1) is 6.92 Å². The van der Waals surface area contributed by atoms with E-state index in [0.29, 0.717) is 19.2 Å². The van der Waals surface area contributed by atoms with Gasteiger partial charge in [0.25, 0.3) is 0 Å². The molecule has 1 aromatic heterocycles. The summed E-state index contributed by atoms with van der Waals surface area (Å²) in [6.07, 6.45) is 5.90. The average molecular weight is 498 g/mol. The topological polar surface area (TPSA) is 76.4 Å². The van der Waals surface area contributed by atoms with Crippen molar-refractivity contribution in [2.75, 3.05) is 13.2 Å². The van der Waals surface area contributed by atoms with Gasteiger partial charge in [-0.2, -0.15) is 0 Å². The van der Waals surface area contributed by atoms with E-state index in [1.54, 1.807) is 0 Å². The number of nitrogens with one attached hydrogen (secondary N) is 2. The van der Waals surface area contributed by atoms with Gasteiger partial charge in [0.2, 0.25) is 0 Å². The van der Waals surface area contributed by atoms with Crippen molar-refractivity contribution in [1.29, 1.82) is 0 Å². The quantitative estimate of drug-likeness (QED) is 0.253. The van der Waals surface area contributed by atoms with E-state index in [4.69, 9.17) is 9.73 Å². The smallest absolute Gasteiger partial charge is 0.191 e. The molecule has 0 amide bonds. The highest BCUT2D eigenvalue weighted by atomic mass is 127. The first kappa shape index (κ1) is 22.4. The molecule has 1 saturated carbocycles. The fraction of sp³-hybridized carbons (Fsp3) is 0.550. The maximum Gasteiger partial charge on any atom is 0.191 e. The number of guanidine groups is 1. The van der Waals surface area contributed by atoms with Crippen LogP contribution in [0.25, 0.3) is 0 Å². The highest BCUT2D eigenvalue weighted by molar-refractivity contribution is 14.0. The third-order valence-electron chi connectivity index (χ3n) is 4.88. The number of para-hydroxylation sites is 1. The first-order valence-corrected chi connectivity index (χ1v) is 9.80. The Morgan fingerprint density at radius 3 is 2.64 bits per heavy atom. The standard InChI is InChI=1S/C20H30N6O.HI/c1-16-24-25-19(26(16)2)15-22-20(23-17-9-6-7-10-17)21-13-8-14-27-18-11-4-3-5-12-18;/h3-5,11-12,17H,6-10,13-15H2,1-2H3,(H2,21,22,23);1H. The zero-order valence-corrected chi connectivity index (χ0v) is 19.1. The fourth-order valence-electron chi connectivity index (χ4n) is 3.14. The van der Waals surface area contributed by atoms with Crippen molar-refractivity contribution >= 4 is 29.9 Å². The van der Waals surface area contributed by atoms with Crippen LogP contribution in [0.1, 0.15) is 43.8 Å². The van der Waals surface area contributed by atoms with Crippen LogP contribution in [-0.2, 0) is 13.6 Å². The average Bonchev–Trinajstić information content (AvgIpc) is 3.31. The molecule has 0 atom stereocenters. The molecule has 0 saturated heterocycles. The second-order valence-corrected chi connectivity index (χ2v) is 6.95. The van der Waals surface area contributed by atoms with E-state index < -0.39 is 0 Å². The Morgan fingerprint density at radius 2 is 1.96 bits per heavy atom. The van der Waals surface area contributed by atoms with Crippen molar-refractivity contribution < 1.29 is 4.74 Å². The normalized spacial score (nSPS) is 14.6. The molecule has 0 spiro atoms. The summed E-state index contributed by atoms with van der Waals surface area (Å²) in [7, 11) is 1.97. The minimum Gasteiger partial charge on any atom is -0.494 e. The molecule has 1 heterocycles. The van der Waals surface area contributed by atoms with E-state index in [-0.39, 0.29) is 24.0 Å². The Morgan fingerprint density at radius 1 is 1.21 bits per heavy atom. The van der Waals surface area contributed by atoms with Crippen molar-refractivity contribution in [2.24, 2.45) is 12.0 Å². The second kappa shape index (κ2) is 11.9. The number of aromatic nitrogens is 3. The lowest BCUT2D eigenvalue weighted by molar-refractivity contribution is 0.311. The van der Waals surface area contributed by atoms with Gasteiger partial charge in [0.1, 0.15) is 18.1 Å². The summed E-state index contributed by atoms with van der Waals surface area (Å²) >= 11 is 0. The van der Waals surface area contributed by atoms with E-state index in [0.717, 1.165) is 36.3 Å². The molecule has 154 valence electrons. The molecule has 0 aliphatic heterocycles. The van der Waals surface area contributed by atoms with Crippen molar-refractivity contribution in [2.45, 2.75) is 51.6 Å². The van der Waals surface area contributed by atoms with Gasteiger partial charge in [0.05, 0.1) is 6.61 Å². The summed E-state index contributed by atoms with van der Waals surface area (Å²) in [5, 5.41) is 15.3. The molecule has 1 aromatic carbocycles. The molecule has 1 fully saturated rings. The number of ether oxygens (including phenoxy) is 1. The number of hydrogen-bond acceptors (Lipinski definition) is 4. The number of hydrogen-bond donors (Lipinski definition) is 2. The molecular weight excluding hydrogens is 467 g/mol. The number of aryl methyl sites for hydroxylation is 1. The highest BCUT2D eigenvalue weighted by Gasteiger charge is 2.16. The molecule has 0 radical (unpaired) electrons. The van der Waals surface area contributed by atoms with Crippen molar-refractivity contribution in [3.05, 3.63) is 42.0 Å². The van der Waals surface area contributed by atoms with E-state index in [1.165, 1.54) is 25.7 Å². The summed E-state index contributed by atoms with van der Waals surface area (Å²) in [5.41, 5.74) is 0. The van der Waals surface area contributed by atoms with Crippen LogP contribution in [0.2, 0.25) is 0 Å². The molecule has 28 heavy (non-hydrogen) atoms. The molecule has 1 aliphatic carbocycles. The lowest BCUT2D eigenvalue weighted by atomic mass is 10.2. The van der Waals surface area contributed by atoms with Crippen LogP contribution in [-0.4, -0.2) is 39.9 Å². The molecule has 0 bridgehead atoms. The van der Waals surface area contributed by atoms with Crippen LogP contribution in [0.15, 0.2) is 35.3 Å². The SMILES string of the molecule is Cc1nnc(CN=C(NCCCOc2ccccc2)NC2CCCC2)n1C.I. The minimum atomic E-state index is 0. The Balaban J connectivity index is 0.00000280. The zero-order chi connectivity index (χ0) is 18.9. The Bertz CT molecular complexity index is 728. The van der Waals surface area contributed by atoms with Crippen molar-refractivity contribution in [3.63, 3.8) is 0 Å². The summed E-state index contributed by atoms with van der Waals surface area (Å²) in [6, 6.07) is 10.4. The maximum atomic E-state index is 5.75. The predicted molar refractivity (Wildman–Crippen MR) is 122 cm³/mol. The zero-order valence-electron chi connectivity index (χ0n) is 16.7. The molecule has 2 N–H and O–H groups in total. The molecular formula is C20H31IN6O. The number of aliphatic imine (C=N–C) groups is 1. The van der Waals surface area contributed by atoms with E-state index >= 15 is 0 Å². The first-order chi connectivity index (χ1) is 13.2. The van der Waals surface area contributed by atoms with Gasteiger partial charge in [0.15, 0.2) is 11.8 Å². The molecule has 2 aromatic rings. The molecule has 3 rings (SSSR count). The van der Waals surface area contributed by atoms with Gasteiger partial charge in [-0.1, -0.05) is 31.0 Å². The molecule has 8 heteroatoms. The lowest BCUT2D eigenvalue weighted by Crippen LogP contribution is -2.43. The van der Waals surface area contributed by atoms with Gasteiger partial charge < -0.3 is 19.9 Å². The van der Waals surface area contributed by atoms with Crippen LogP contribution >= 0.6 is 24.0 Å². The Kier molecular flexibility index (Phi) is 9.52. The highest BCUT2D eigenvalue weighted by Crippen LogP contribution is 2.17. The van der Waals surface area contributed by atoms with Gasteiger partial charge in [-0.3, -0.25) is 0 Å². The monoisotopic (exact) mass is 498 g/mol. The van der Waals surface area contributed by atoms with Crippen LogP contribution in [0.4, 0.5) is 0 Å². The number of nitrogens with zero attached hydrogens (tertiary/aromatic N) is 4. The van der Waals surface area contributed by atoms with Gasteiger partial charge in [-0.15, -0.1) is 34.2 Å². The van der Waals surface area contributed by atoms with Gasteiger partial charge in [-0.25, -0.2) is 4.99 Å². The third-order valence-corrected chi connectivity index (χ3v) is 4.88. The number of benzene rings is 1. The number of halogens is 1. The van der Waals surface area contributed by atoms with E-state index in [2.05, 4.69) is 20.8 Å². The Labute approximate surface area is 184 Å². The summed E-state index contributed by atoms with van der Waals surface area (Å²) in [6.45, 7) is 3.95. The summed E-state index contributed by atoms with van der Waals surface area (Å²) in [4.78, 5) is 4.72. The fourth-order valence-corrected chi connectivity index (χ4v) is 3.14. The maximum absolute atomic E-state index is 5.75.